The van der Waals surface area contributed by atoms with Gasteiger partial charge in [0.2, 0.25) is 5.91 Å². The number of nitrogens with one attached hydrogen (secondary N) is 4. The molecule has 2 heterocycles. The number of amides is 2. The molecule has 3 aromatic rings. The Balaban J connectivity index is 1.63. The Hall–Kier alpha value is -2.93. The molecule has 0 bridgehead atoms. The van der Waals surface area contributed by atoms with E-state index in [2.05, 4.69) is 20.8 Å². The van der Waals surface area contributed by atoms with E-state index in [9.17, 15) is 9.59 Å². The molecular weight excluding hydrogens is 312 g/mol. The van der Waals surface area contributed by atoms with Crippen LogP contribution in [0, 0.1) is 4.64 Å². The van der Waals surface area contributed by atoms with Crippen molar-refractivity contribution < 1.29 is 9.59 Å². The molecule has 0 aliphatic rings. The number of para-hydroxylation sites is 1. The van der Waals surface area contributed by atoms with Crippen molar-refractivity contribution in [2.45, 2.75) is 6.42 Å². The fourth-order valence-corrected chi connectivity index (χ4v) is 2.52. The van der Waals surface area contributed by atoms with Crippen molar-refractivity contribution in [2.75, 3.05) is 0 Å². The van der Waals surface area contributed by atoms with Gasteiger partial charge in [-0.05, 0) is 23.8 Å². The molecule has 6 nitrogen and oxygen atoms in total. The third kappa shape index (κ3) is 3.29. The lowest BCUT2D eigenvalue weighted by atomic mass is 10.1. The molecule has 0 saturated heterocycles. The first-order valence-electron chi connectivity index (χ1n) is 6.97. The second-order valence-corrected chi connectivity index (χ2v) is 5.36. The number of carbonyl (C=O) groups is 2. The number of benzene rings is 1. The van der Waals surface area contributed by atoms with Gasteiger partial charge in [-0.2, -0.15) is 0 Å². The highest BCUT2D eigenvalue weighted by Gasteiger charge is 2.11. The molecular formula is C16H14N4O2S. The summed E-state index contributed by atoms with van der Waals surface area (Å²) >= 11 is 5.02. The molecule has 0 atom stereocenters. The summed E-state index contributed by atoms with van der Waals surface area (Å²) in [6.07, 6.45) is 3.58. The van der Waals surface area contributed by atoms with E-state index in [1.165, 1.54) is 0 Å². The molecule has 0 aliphatic heterocycles. The largest absolute Gasteiger partial charge is 0.361 e. The highest BCUT2D eigenvalue weighted by molar-refractivity contribution is 7.71. The SMILES string of the molecule is O=C(Cc1c[nH]c2ccccc12)NNC(=O)c1ccc[nH]c1=S. The maximum atomic E-state index is 12.0. The molecule has 4 N–H and O–H groups in total. The van der Waals surface area contributed by atoms with E-state index in [0.29, 0.717) is 10.2 Å². The molecule has 0 spiro atoms. The predicted molar refractivity (Wildman–Crippen MR) is 89.2 cm³/mol. The Morgan fingerprint density at radius 2 is 1.87 bits per heavy atom. The zero-order valence-corrected chi connectivity index (χ0v) is 12.9. The van der Waals surface area contributed by atoms with Crippen molar-refractivity contribution >= 4 is 34.9 Å². The molecule has 23 heavy (non-hydrogen) atoms. The van der Waals surface area contributed by atoms with Crippen molar-refractivity contribution in [2.24, 2.45) is 0 Å². The summed E-state index contributed by atoms with van der Waals surface area (Å²) < 4.78 is 0.316. The predicted octanol–water partition coefficient (Wildman–Crippen LogP) is 2.23. The van der Waals surface area contributed by atoms with Crippen molar-refractivity contribution in [3.63, 3.8) is 0 Å². The monoisotopic (exact) mass is 326 g/mol. The van der Waals surface area contributed by atoms with Gasteiger partial charge in [-0.1, -0.05) is 30.4 Å². The fraction of sp³-hybridized carbons (Fsp3) is 0.0625. The van der Waals surface area contributed by atoms with Crippen molar-refractivity contribution in [1.29, 1.82) is 0 Å². The van der Waals surface area contributed by atoms with E-state index in [-0.39, 0.29) is 12.3 Å². The van der Waals surface area contributed by atoms with Crippen molar-refractivity contribution in [1.82, 2.24) is 20.8 Å². The van der Waals surface area contributed by atoms with Crippen LogP contribution in [0.25, 0.3) is 10.9 Å². The first kappa shape index (κ1) is 15.0. The molecule has 116 valence electrons. The van der Waals surface area contributed by atoms with Crippen LogP contribution in [0.5, 0.6) is 0 Å². The lowest BCUT2D eigenvalue weighted by Gasteiger charge is -2.07. The minimum atomic E-state index is -0.459. The second kappa shape index (κ2) is 6.45. The molecule has 0 radical (unpaired) electrons. The lowest BCUT2D eigenvalue weighted by molar-refractivity contribution is -0.121. The second-order valence-electron chi connectivity index (χ2n) is 4.95. The summed E-state index contributed by atoms with van der Waals surface area (Å²) in [6, 6.07) is 11.0. The van der Waals surface area contributed by atoms with Gasteiger partial charge in [0.05, 0.1) is 12.0 Å². The molecule has 0 aliphatic carbocycles. The average Bonchev–Trinajstić information content (AvgIpc) is 2.96. The normalized spacial score (nSPS) is 10.4. The third-order valence-electron chi connectivity index (χ3n) is 3.40. The van der Waals surface area contributed by atoms with Crippen LogP contribution in [0.4, 0.5) is 0 Å². The number of fused-ring (bicyclic) bond motifs is 1. The molecule has 2 aromatic heterocycles. The maximum absolute atomic E-state index is 12.0. The van der Waals surface area contributed by atoms with Crippen LogP contribution >= 0.6 is 12.2 Å². The molecule has 0 unspecified atom stereocenters. The fourth-order valence-electron chi connectivity index (χ4n) is 2.29. The van der Waals surface area contributed by atoms with Crippen LogP contribution < -0.4 is 10.9 Å². The number of hydrogen-bond donors (Lipinski definition) is 4. The molecule has 3 rings (SSSR count). The van der Waals surface area contributed by atoms with Crippen LogP contribution in [-0.4, -0.2) is 21.8 Å². The van der Waals surface area contributed by atoms with E-state index in [1.54, 1.807) is 24.5 Å². The summed E-state index contributed by atoms with van der Waals surface area (Å²) in [4.78, 5) is 29.8. The number of hydrogen-bond acceptors (Lipinski definition) is 3. The minimum absolute atomic E-state index is 0.159. The highest BCUT2D eigenvalue weighted by Crippen LogP contribution is 2.17. The maximum Gasteiger partial charge on any atom is 0.272 e. The Labute approximate surface area is 136 Å². The molecule has 0 fully saturated rings. The zero-order chi connectivity index (χ0) is 16.2. The topological polar surface area (TPSA) is 89.8 Å². The molecule has 7 heteroatoms. The quantitative estimate of drug-likeness (QED) is 0.439. The average molecular weight is 326 g/mol. The molecule has 1 aromatic carbocycles. The minimum Gasteiger partial charge on any atom is -0.361 e. The summed E-state index contributed by atoms with van der Waals surface area (Å²) in [7, 11) is 0. The van der Waals surface area contributed by atoms with E-state index in [1.807, 2.05) is 24.3 Å². The number of hydrazine groups is 1. The van der Waals surface area contributed by atoms with Crippen molar-refractivity contribution in [3.05, 3.63) is 64.6 Å². The number of aromatic amines is 2. The van der Waals surface area contributed by atoms with Gasteiger partial charge in [-0.15, -0.1) is 0 Å². The van der Waals surface area contributed by atoms with Gasteiger partial charge in [0.1, 0.15) is 4.64 Å². The van der Waals surface area contributed by atoms with Crippen LogP contribution in [0.1, 0.15) is 15.9 Å². The van der Waals surface area contributed by atoms with E-state index >= 15 is 0 Å². The van der Waals surface area contributed by atoms with E-state index in [4.69, 9.17) is 12.2 Å². The third-order valence-corrected chi connectivity index (χ3v) is 3.74. The summed E-state index contributed by atoms with van der Waals surface area (Å²) in [5, 5.41) is 0.986. The van der Waals surface area contributed by atoms with Crippen LogP contribution in [0.2, 0.25) is 0 Å². The standard InChI is InChI=1S/C16H14N4O2S/c21-14(8-10-9-18-13-6-2-1-4-11(10)13)19-20-15(22)12-5-3-7-17-16(12)23/h1-7,9,18H,8H2,(H,17,23)(H,19,21)(H,20,22). The Kier molecular flexibility index (Phi) is 4.20. The lowest BCUT2D eigenvalue weighted by Crippen LogP contribution is -2.42. The van der Waals surface area contributed by atoms with Crippen LogP contribution in [0.15, 0.2) is 48.8 Å². The summed E-state index contributed by atoms with van der Waals surface area (Å²) in [6.45, 7) is 0. The highest BCUT2D eigenvalue weighted by atomic mass is 32.1. The van der Waals surface area contributed by atoms with Crippen LogP contribution in [0.3, 0.4) is 0 Å². The first-order chi connectivity index (χ1) is 11.1. The first-order valence-corrected chi connectivity index (χ1v) is 7.38. The zero-order valence-electron chi connectivity index (χ0n) is 12.1. The smallest absolute Gasteiger partial charge is 0.272 e. The summed E-state index contributed by atoms with van der Waals surface area (Å²) in [5.41, 5.74) is 6.90. The van der Waals surface area contributed by atoms with Crippen molar-refractivity contribution in [3.8, 4) is 0 Å². The van der Waals surface area contributed by atoms with E-state index in [0.717, 1.165) is 16.5 Å². The summed E-state index contributed by atoms with van der Waals surface area (Å²) in [5.74, 6) is -0.770. The van der Waals surface area contributed by atoms with Gasteiger partial charge >= 0.3 is 0 Å². The van der Waals surface area contributed by atoms with Gasteiger partial charge in [0.15, 0.2) is 0 Å². The Morgan fingerprint density at radius 3 is 2.70 bits per heavy atom. The molecule has 0 saturated carbocycles. The van der Waals surface area contributed by atoms with Gasteiger partial charge in [-0.25, -0.2) is 0 Å². The number of carbonyl (C=O) groups excluding carboxylic acids is 2. The Bertz CT molecular complexity index is 929. The van der Waals surface area contributed by atoms with Gasteiger partial charge in [-0.3, -0.25) is 20.4 Å². The van der Waals surface area contributed by atoms with Gasteiger partial charge in [0, 0.05) is 23.3 Å². The molecule has 2 amide bonds. The number of H-pyrrole nitrogens is 2. The number of pyridine rings is 1. The van der Waals surface area contributed by atoms with Crippen LogP contribution in [-0.2, 0) is 11.2 Å². The number of aromatic nitrogens is 2. The van der Waals surface area contributed by atoms with Gasteiger partial charge in [0.25, 0.3) is 5.91 Å². The Morgan fingerprint density at radius 1 is 1.04 bits per heavy atom. The van der Waals surface area contributed by atoms with Gasteiger partial charge < -0.3 is 9.97 Å². The number of rotatable bonds is 3. The van der Waals surface area contributed by atoms with E-state index < -0.39 is 5.91 Å².